The standard InChI is InChI=1S/C13H28N2O/c1-10(2)7-12(14)13(9-16)15-6-4-5-11(3)8-15/h10-13,16H,4-9,14H2,1-3H3. The summed E-state index contributed by atoms with van der Waals surface area (Å²) in [4.78, 5) is 2.39. The van der Waals surface area contributed by atoms with Crippen LogP contribution in [-0.2, 0) is 0 Å². The topological polar surface area (TPSA) is 49.5 Å². The minimum atomic E-state index is 0.107. The van der Waals surface area contributed by atoms with Crippen molar-refractivity contribution in [2.45, 2.75) is 52.1 Å². The molecule has 1 fully saturated rings. The van der Waals surface area contributed by atoms with Gasteiger partial charge >= 0.3 is 0 Å². The van der Waals surface area contributed by atoms with Gasteiger partial charge in [0.05, 0.1) is 6.61 Å². The molecule has 3 nitrogen and oxygen atoms in total. The number of hydrogen-bond donors (Lipinski definition) is 2. The van der Waals surface area contributed by atoms with Crippen LogP contribution in [0.5, 0.6) is 0 Å². The number of likely N-dealkylation sites (tertiary alicyclic amines) is 1. The lowest BCUT2D eigenvalue weighted by Gasteiger charge is -2.39. The monoisotopic (exact) mass is 228 g/mol. The van der Waals surface area contributed by atoms with Crippen molar-refractivity contribution < 1.29 is 5.11 Å². The third-order valence-corrected chi connectivity index (χ3v) is 3.58. The first-order valence-electron chi connectivity index (χ1n) is 6.65. The van der Waals surface area contributed by atoms with Gasteiger partial charge in [0.1, 0.15) is 0 Å². The van der Waals surface area contributed by atoms with Crippen molar-refractivity contribution in [1.29, 1.82) is 0 Å². The summed E-state index contributed by atoms with van der Waals surface area (Å²) in [5, 5.41) is 9.53. The van der Waals surface area contributed by atoms with E-state index in [0.29, 0.717) is 5.92 Å². The highest BCUT2D eigenvalue weighted by Crippen LogP contribution is 2.20. The number of aliphatic hydroxyl groups is 1. The van der Waals surface area contributed by atoms with Crippen molar-refractivity contribution >= 4 is 0 Å². The maximum atomic E-state index is 9.53. The molecule has 0 amide bonds. The molecule has 0 saturated carbocycles. The van der Waals surface area contributed by atoms with Gasteiger partial charge in [-0.3, -0.25) is 4.90 Å². The molecule has 0 radical (unpaired) electrons. The number of aliphatic hydroxyl groups excluding tert-OH is 1. The van der Waals surface area contributed by atoms with E-state index in [-0.39, 0.29) is 18.7 Å². The first kappa shape index (κ1) is 13.9. The quantitative estimate of drug-likeness (QED) is 0.749. The summed E-state index contributed by atoms with van der Waals surface area (Å²) < 4.78 is 0. The second-order valence-corrected chi connectivity index (χ2v) is 5.79. The number of nitrogens with two attached hydrogens (primary N) is 1. The van der Waals surface area contributed by atoms with E-state index in [1.54, 1.807) is 0 Å². The van der Waals surface area contributed by atoms with Crippen molar-refractivity contribution in [3.63, 3.8) is 0 Å². The van der Waals surface area contributed by atoms with Gasteiger partial charge in [-0.25, -0.2) is 0 Å². The van der Waals surface area contributed by atoms with Gasteiger partial charge in [-0.1, -0.05) is 20.8 Å². The zero-order chi connectivity index (χ0) is 12.1. The zero-order valence-electron chi connectivity index (χ0n) is 11.0. The molecule has 1 saturated heterocycles. The van der Waals surface area contributed by atoms with E-state index in [0.717, 1.165) is 25.4 Å². The van der Waals surface area contributed by atoms with Crippen LogP contribution in [0.1, 0.15) is 40.0 Å². The first-order valence-corrected chi connectivity index (χ1v) is 6.65. The molecule has 0 aromatic heterocycles. The lowest BCUT2D eigenvalue weighted by Crippen LogP contribution is -2.53. The van der Waals surface area contributed by atoms with E-state index in [9.17, 15) is 5.11 Å². The SMILES string of the molecule is CC(C)CC(N)C(CO)N1CCCC(C)C1. The predicted molar refractivity (Wildman–Crippen MR) is 68.3 cm³/mol. The van der Waals surface area contributed by atoms with E-state index in [1.165, 1.54) is 12.8 Å². The third kappa shape index (κ3) is 4.04. The first-order chi connectivity index (χ1) is 7.54. The molecule has 3 heteroatoms. The van der Waals surface area contributed by atoms with Gasteiger partial charge in [-0.05, 0) is 37.6 Å². The smallest absolute Gasteiger partial charge is 0.0601 e. The fourth-order valence-electron chi connectivity index (χ4n) is 2.75. The zero-order valence-corrected chi connectivity index (χ0v) is 11.0. The molecule has 0 aromatic rings. The van der Waals surface area contributed by atoms with Crippen LogP contribution >= 0.6 is 0 Å². The molecule has 1 aliphatic rings. The van der Waals surface area contributed by atoms with Gasteiger partial charge in [0.15, 0.2) is 0 Å². The van der Waals surface area contributed by atoms with Crippen LogP contribution in [0.25, 0.3) is 0 Å². The molecule has 1 heterocycles. The molecule has 0 aromatic carbocycles. The lowest BCUT2D eigenvalue weighted by atomic mass is 9.93. The normalized spacial score (nSPS) is 27.0. The Balaban J connectivity index is 2.51. The molecule has 3 atom stereocenters. The molecule has 16 heavy (non-hydrogen) atoms. The van der Waals surface area contributed by atoms with Crippen LogP contribution < -0.4 is 5.73 Å². The summed E-state index contributed by atoms with van der Waals surface area (Å²) in [5.74, 6) is 1.35. The molecule has 1 aliphatic heterocycles. The minimum absolute atomic E-state index is 0.107. The molecule has 1 rings (SSSR count). The maximum Gasteiger partial charge on any atom is 0.0601 e. The van der Waals surface area contributed by atoms with E-state index in [4.69, 9.17) is 5.73 Å². The number of hydrogen-bond acceptors (Lipinski definition) is 3. The highest BCUT2D eigenvalue weighted by molar-refractivity contribution is 4.85. The highest BCUT2D eigenvalue weighted by Gasteiger charge is 2.27. The number of piperidine rings is 1. The van der Waals surface area contributed by atoms with Gasteiger partial charge in [-0.15, -0.1) is 0 Å². The van der Waals surface area contributed by atoms with Gasteiger partial charge in [-0.2, -0.15) is 0 Å². The second-order valence-electron chi connectivity index (χ2n) is 5.79. The van der Waals surface area contributed by atoms with E-state index in [1.807, 2.05) is 0 Å². The average Bonchev–Trinajstić information content (AvgIpc) is 2.17. The van der Waals surface area contributed by atoms with Crippen molar-refractivity contribution in [3.8, 4) is 0 Å². The Hall–Kier alpha value is -0.120. The summed E-state index contributed by atoms with van der Waals surface area (Å²) in [6.07, 6.45) is 3.55. The Morgan fingerprint density at radius 3 is 2.62 bits per heavy atom. The molecule has 3 N–H and O–H groups in total. The summed E-state index contributed by atoms with van der Waals surface area (Å²) in [7, 11) is 0. The average molecular weight is 228 g/mol. The maximum absolute atomic E-state index is 9.53. The predicted octanol–water partition coefficient (Wildman–Crippen LogP) is 1.45. The molecule has 0 aliphatic carbocycles. The number of rotatable bonds is 5. The molecule has 0 bridgehead atoms. The Morgan fingerprint density at radius 1 is 1.44 bits per heavy atom. The Morgan fingerprint density at radius 2 is 2.12 bits per heavy atom. The van der Waals surface area contributed by atoms with Crippen LogP contribution in [0.2, 0.25) is 0 Å². The summed E-state index contributed by atoms with van der Waals surface area (Å²) in [6, 6.07) is 0.264. The lowest BCUT2D eigenvalue weighted by molar-refractivity contribution is 0.0647. The van der Waals surface area contributed by atoms with Gasteiger partial charge in [0.25, 0.3) is 0 Å². The van der Waals surface area contributed by atoms with E-state index < -0.39 is 0 Å². The van der Waals surface area contributed by atoms with Crippen molar-refractivity contribution in [1.82, 2.24) is 4.90 Å². The largest absolute Gasteiger partial charge is 0.395 e. The number of nitrogens with zero attached hydrogens (tertiary/aromatic N) is 1. The van der Waals surface area contributed by atoms with Crippen LogP contribution in [0.3, 0.4) is 0 Å². The van der Waals surface area contributed by atoms with Gasteiger partial charge in [0, 0.05) is 18.6 Å². The highest BCUT2D eigenvalue weighted by atomic mass is 16.3. The second kappa shape index (κ2) is 6.58. The van der Waals surface area contributed by atoms with Crippen LogP contribution in [-0.4, -0.2) is 41.8 Å². The molecule has 96 valence electrons. The van der Waals surface area contributed by atoms with Crippen LogP contribution in [0, 0.1) is 11.8 Å². The Labute approximate surface area is 100 Å². The Kier molecular flexibility index (Phi) is 5.73. The van der Waals surface area contributed by atoms with Crippen molar-refractivity contribution in [2.75, 3.05) is 19.7 Å². The summed E-state index contributed by atoms with van der Waals surface area (Å²) in [6.45, 7) is 9.05. The minimum Gasteiger partial charge on any atom is -0.395 e. The Bertz CT molecular complexity index is 196. The molecular weight excluding hydrogens is 200 g/mol. The fraction of sp³-hybridized carbons (Fsp3) is 1.00. The summed E-state index contributed by atoms with van der Waals surface area (Å²) >= 11 is 0. The summed E-state index contributed by atoms with van der Waals surface area (Å²) in [5.41, 5.74) is 6.20. The fourth-order valence-corrected chi connectivity index (χ4v) is 2.75. The van der Waals surface area contributed by atoms with Gasteiger partial charge < -0.3 is 10.8 Å². The van der Waals surface area contributed by atoms with E-state index >= 15 is 0 Å². The van der Waals surface area contributed by atoms with Gasteiger partial charge in [0.2, 0.25) is 0 Å². The third-order valence-electron chi connectivity index (χ3n) is 3.58. The van der Waals surface area contributed by atoms with Crippen molar-refractivity contribution in [3.05, 3.63) is 0 Å². The molecule has 0 spiro atoms. The van der Waals surface area contributed by atoms with Crippen LogP contribution in [0.15, 0.2) is 0 Å². The van der Waals surface area contributed by atoms with Crippen LogP contribution in [0.4, 0.5) is 0 Å². The van der Waals surface area contributed by atoms with Crippen molar-refractivity contribution in [2.24, 2.45) is 17.6 Å². The van der Waals surface area contributed by atoms with E-state index in [2.05, 4.69) is 25.7 Å². The molecule has 3 unspecified atom stereocenters. The molecular formula is C13H28N2O.